The minimum atomic E-state index is -0.478. The fourth-order valence-electron chi connectivity index (χ4n) is 5.00. The molecule has 1 aromatic carbocycles. The molecule has 8 nitrogen and oxygen atoms in total. The van der Waals surface area contributed by atoms with Gasteiger partial charge in [0.25, 0.3) is 5.69 Å². The molecule has 8 heteroatoms. The number of rotatable bonds is 5. The van der Waals surface area contributed by atoms with Gasteiger partial charge in [-0.3, -0.25) is 19.8 Å². The molecule has 1 spiro atoms. The zero-order valence-electron chi connectivity index (χ0n) is 16.5. The molecule has 4 rings (SSSR count). The van der Waals surface area contributed by atoms with E-state index in [2.05, 4.69) is 15.9 Å². The minimum absolute atomic E-state index is 0.0204. The Morgan fingerprint density at radius 3 is 2.62 bits per heavy atom. The lowest BCUT2D eigenvalue weighted by Gasteiger charge is -2.36. The molecule has 2 heterocycles. The van der Waals surface area contributed by atoms with Gasteiger partial charge in [-0.2, -0.15) is 5.26 Å². The number of nitro groups is 1. The SMILES string of the molecule is N#Cc1cc([N+](=O)[O-])ccc1N1CCN(CC[C@H]2CC3(CCCC3)C(=O)O2)CC1. The molecule has 154 valence electrons. The number of esters is 1. The van der Waals surface area contributed by atoms with E-state index in [4.69, 9.17) is 4.74 Å². The maximum absolute atomic E-state index is 12.3. The number of nitrogens with zero attached hydrogens (tertiary/aromatic N) is 4. The molecule has 0 bridgehead atoms. The first-order valence-corrected chi connectivity index (χ1v) is 10.4. The second-order valence-electron chi connectivity index (χ2n) is 8.41. The maximum atomic E-state index is 12.3. The van der Waals surface area contributed by atoms with Gasteiger partial charge < -0.3 is 9.64 Å². The number of benzene rings is 1. The van der Waals surface area contributed by atoms with Crippen LogP contribution in [0.5, 0.6) is 0 Å². The molecule has 0 N–H and O–H groups in total. The van der Waals surface area contributed by atoms with Crippen molar-refractivity contribution in [2.24, 2.45) is 5.41 Å². The van der Waals surface area contributed by atoms with Gasteiger partial charge in [0.2, 0.25) is 0 Å². The van der Waals surface area contributed by atoms with Gasteiger partial charge in [-0.15, -0.1) is 0 Å². The van der Waals surface area contributed by atoms with Gasteiger partial charge in [-0.25, -0.2) is 0 Å². The number of nitro benzene ring substituents is 1. The first-order chi connectivity index (χ1) is 14.0. The van der Waals surface area contributed by atoms with Crippen molar-refractivity contribution in [3.63, 3.8) is 0 Å². The minimum Gasteiger partial charge on any atom is -0.462 e. The van der Waals surface area contributed by atoms with Crippen molar-refractivity contribution >= 4 is 17.3 Å². The van der Waals surface area contributed by atoms with Crippen molar-refractivity contribution in [3.8, 4) is 6.07 Å². The fraction of sp³-hybridized carbons (Fsp3) is 0.619. The third-order valence-electron chi connectivity index (χ3n) is 6.68. The van der Waals surface area contributed by atoms with Crippen LogP contribution in [0.15, 0.2) is 18.2 Å². The summed E-state index contributed by atoms with van der Waals surface area (Å²) in [5.41, 5.74) is 0.848. The van der Waals surface area contributed by atoms with Crippen LogP contribution in [0, 0.1) is 26.9 Å². The lowest BCUT2D eigenvalue weighted by Crippen LogP contribution is -2.47. The first-order valence-electron chi connectivity index (χ1n) is 10.4. The molecule has 1 aromatic rings. The number of cyclic esters (lactones) is 1. The average molecular weight is 398 g/mol. The number of carbonyl (C=O) groups excluding carboxylic acids is 1. The van der Waals surface area contributed by atoms with Gasteiger partial charge in [-0.1, -0.05) is 12.8 Å². The predicted octanol–water partition coefficient (Wildman–Crippen LogP) is 2.85. The molecular formula is C21H26N4O4. The Morgan fingerprint density at radius 1 is 1.24 bits per heavy atom. The summed E-state index contributed by atoms with van der Waals surface area (Å²) in [6.45, 7) is 4.14. The summed E-state index contributed by atoms with van der Waals surface area (Å²) in [6.07, 6.45) is 6.02. The summed E-state index contributed by atoms with van der Waals surface area (Å²) in [6, 6.07) is 6.55. The Kier molecular flexibility index (Phi) is 5.41. The van der Waals surface area contributed by atoms with Crippen LogP contribution in [0.1, 0.15) is 44.1 Å². The van der Waals surface area contributed by atoms with E-state index in [9.17, 15) is 20.2 Å². The molecule has 0 unspecified atom stereocenters. The molecule has 0 amide bonds. The Bertz CT molecular complexity index is 836. The number of anilines is 1. The first kappa shape index (κ1) is 19.6. The van der Waals surface area contributed by atoms with Crippen molar-refractivity contribution < 1.29 is 14.5 Å². The number of hydrogen-bond acceptors (Lipinski definition) is 7. The largest absolute Gasteiger partial charge is 0.462 e. The highest BCUT2D eigenvalue weighted by atomic mass is 16.6. The molecule has 1 aliphatic carbocycles. The van der Waals surface area contributed by atoms with Crippen molar-refractivity contribution in [1.29, 1.82) is 5.26 Å². The molecule has 0 aromatic heterocycles. The zero-order valence-corrected chi connectivity index (χ0v) is 16.5. The van der Waals surface area contributed by atoms with Crippen molar-refractivity contribution in [1.82, 2.24) is 4.90 Å². The number of carbonyl (C=O) groups is 1. The summed E-state index contributed by atoms with van der Waals surface area (Å²) >= 11 is 0. The third kappa shape index (κ3) is 3.92. The highest BCUT2D eigenvalue weighted by Crippen LogP contribution is 2.48. The van der Waals surface area contributed by atoms with Crippen molar-refractivity contribution in [2.75, 3.05) is 37.6 Å². The molecule has 3 fully saturated rings. The van der Waals surface area contributed by atoms with E-state index in [1.807, 2.05) is 0 Å². The summed E-state index contributed by atoms with van der Waals surface area (Å²) in [5, 5.41) is 20.3. The number of non-ortho nitro benzene ring substituents is 1. The molecule has 1 saturated carbocycles. The third-order valence-corrected chi connectivity index (χ3v) is 6.68. The van der Waals surface area contributed by atoms with Crippen LogP contribution >= 0.6 is 0 Å². The molecule has 1 atom stereocenters. The summed E-state index contributed by atoms with van der Waals surface area (Å²) < 4.78 is 5.67. The lowest BCUT2D eigenvalue weighted by atomic mass is 9.83. The van der Waals surface area contributed by atoms with E-state index in [0.717, 1.165) is 76.9 Å². The van der Waals surface area contributed by atoms with E-state index in [0.29, 0.717) is 5.56 Å². The van der Waals surface area contributed by atoms with Gasteiger partial charge in [-0.05, 0) is 25.3 Å². The monoisotopic (exact) mass is 398 g/mol. The van der Waals surface area contributed by atoms with Crippen LogP contribution < -0.4 is 4.90 Å². The topological polar surface area (TPSA) is 99.7 Å². The second kappa shape index (κ2) is 7.99. The van der Waals surface area contributed by atoms with E-state index in [1.165, 1.54) is 12.1 Å². The van der Waals surface area contributed by atoms with Gasteiger partial charge in [0.15, 0.2) is 0 Å². The molecule has 2 saturated heterocycles. The van der Waals surface area contributed by atoms with Crippen LogP contribution in [0.3, 0.4) is 0 Å². The number of ether oxygens (including phenoxy) is 1. The van der Waals surface area contributed by atoms with Crippen LogP contribution in [0.2, 0.25) is 0 Å². The van der Waals surface area contributed by atoms with Gasteiger partial charge >= 0.3 is 5.97 Å². The number of piperazine rings is 1. The summed E-state index contributed by atoms with van der Waals surface area (Å²) in [5.74, 6) is 0.0204. The van der Waals surface area contributed by atoms with Crippen molar-refractivity contribution in [2.45, 2.75) is 44.6 Å². The maximum Gasteiger partial charge on any atom is 0.312 e. The molecule has 3 aliphatic rings. The van der Waals surface area contributed by atoms with Gasteiger partial charge in [0, 0.05) is 51.3 Å². The summed E-state index contributed by atoms with van der Waals surface area (Å²) in [7, 11) is 0. The Morgan fingerprint density at radius 2 is 1.97 bits per heavy atom. The molecule has 2 aliphatic heterocycles. The Labute approximate surface area is 170 Å². The van der Waals surface area contributed by atoms with Gasteiger partial charge in [0.05, 0.1) is 21.6 Å². The van der Waals surface area contributed by atoms with E-state index < -0.39 is 4.92 Å². The van der Waals surface area contributed by atoms with Crippen LogP contribution in [0.4, 0.5) is 11.4 Å². The van der Waals surface area contributed by atoms with E-state index in [1.54, 1.807) is 6.07 Å². The van der Waals surface area contributed by atoms with E-state index >= 15 is 0 Å². The standard InChI is InChI=1S/C21H26N4O4/c22-15-16-13-17(25(27)28)3-4-19(16)24-11-9-23(10-12-24)8-5-18-14-21(20(26)29-18)6-1-2-7-21/h3-4,13,18H,1-2,5-12,14H2/t18-/m0/s1. The quantitative estimate of drug-likeness (QED) is 0.427. The van der Waals surface area contributed by atoms with Gasteiger partial charge in [0.1, 0.15) is 12.2 Å². The van der Waals surface area contributed by atoms with E-state index in [-0.39, 0.29) is 23.2 Å². The molecule has 0 radical (unpaired) electrons. The fourth-order valence-corrected chi connectivity index (χ4v) is 5.00. The van der Waals surface area contributed by atoms with Crippen LogP contribution in [-0.2, 0) is 9.53 Å². The normalized spacial score (nSPS) is 23.9. The highest BCUT2D eigenvalue weighted by Gasteiger charge is 2.50. The van der Waals surface area contributed by atoms with Crippen LogP contribution in [-0.4, -0.2) is 54.6 Å². The molecular weight excluding hydrogens is 372 g/mol. The average Bonchev–Trinajstić information content (AvgIpc) is 3.33. The lowest BCUT2D eigenvalue weighted by molar-refractivity contribution is -0.384. The number of nitriles is 1. The highest BCUT2D eigenvalue weighted by molar-refractivity contribution is 5.79. The predicted molar refractivity (Wildman–Crippen MR) is 106 cm³/mol. The second-order valence-corrected chi connectivity index (χ2v) is 8.41. The summed E-state index contributed by atoms with van der Waals surface area (Å²) in [4.78, 5) is 27.2. The zero-order chi connectivity index (χ0) is 20.4. The Hall–Kier alpha value is -2.66. The number of hydrogen-bond donors (Lipinski definition) is 0. The van der Waals surface area contributed by atoms with Crippen molar-refractivity contribution in [3.05, 3.63) is 33.9 Å². The smallest absolute Gasteiger partial charge is 0.312 e. The van der Waals surface area contributed by atoms with Crippen LogP contribution in [0.25, 0.3) is 0 Å². The molecule has 29 heavy (non-hydrogen) atoms. The Balaban J connectivity index is 1.29.